The molecule has 0 aromatic carbocycles. The molecule has 1 aliphatic rings. The first-order valence-corrected chi connectivity index (χ1v) is 4.77. The second-order valence-electron chi connectivity index (χ2n) is 3.48. The number of rotatable bonds is 1. The standard InChI is InChI=1S/C11H14N2O/c1-8-6-10(7-11(12)13-8)9-2-4-14-5-3-9/h2,6-7H,3-5H2,1H3,(H2,12,13). The van der Waals surface area contributed by atoms with Crippen LogP contribution in [0.1, 0.15) is 17.7 Å². The van der Waals surface area contributed by atoms with Gasteiger partial charge in [-0.3, -0.25) is 0 Å². The number of ether oxygens (including phenoxy) is 1. The van der Waals surface area contributed by atoms with Crippen molar-refractivity contribution in [2.45, 2.75) is 13.3 Å². The van der Waals surface area contributed by atoms with Crippen LogP contribution in [0.3, 0.4) is 0 Å². The van der Waals surface area contributed by atoms with Crippen LogP contribution < -0.4 is 5.73 Å². The van der Waals surface area contributed by atoms with Crippen molar-refractivity contribution in [1.82, 2.24) is 4.98 Å². The van der Waals surface area contributed by atoms with Crippen molar-refractivity contribution in [3.8, 4) is 0 Å². The van der Waals surface area contributed by atoms with Gasteiger partial charge < -0.3 is 10.5 Å². The number of nitrogen functional groups attached to an aromatic ring is 1. The summed E-state index contributed by atoms with van der Waals surface area (Å²) in [6, 6.07) is 3.98. The maximum Gasteiger partial charge on any atom is 0.124 e. The maximum atomic E-state index is 5.70. The smallest absolute Gasteiger partial charge is 0.124 e. The Morgan fingerprint density at radius 2 is 2.29 bits per heavy atom. The van der Waals surface area contributed by atoms with E-state index in [4.69, 9.17) is 10.5 Å². The molecule has 0 amide bonds. The van der Waals surface area contributed by atoms with Crippen molar-refractivity contribution in [3.63, 3.8) is 0 Å². The minimum Gasteiger partial charge on any atom is -0.384 e. The molecule has 0 aliphatic carbocycles. The van der Waals surface area contributed by atoms with Crippen LogP contribution in [0.4, 0.5) is 5.82 Å². The lowest BCUT2D eigenvalue weighted by Crippen LogP contribution is -2.04. The first kappa shape index (κ1) is 9.21. The number of anilines is 1. The van der Waals surface area contributed by atoms with Crippen LogP contribution in [0.15, 0.2) is 18.2 Å². The van der Waals surface area contributed by atoms with Crippen LogP contribution in [-0.2, 0) is 4.74 Å². The predicted molar refractivity (Wildman–Crippen MR) is 56.8 cm³/mol. The van der Waals surface area contributed by atoms with E-state index in [0.29, 0.717) is 12.4 Å². The minimum absolute atomic E-state index is 0.590. The van der Waals surface area contributed by atoms with Gasteiger partial charge in [-0.25, -0.2) is 4.98 Å². The first-order chi connectivity index (χ1) is 6.75. The molecule has 14 heavy (non-hydrogen) atoms. The number of aryl methyl sites for hydroxylation is 1. The minimum atomic E-state index is 0.590. The molecular formula is C11H14N2O. The topological polar surface area (TPSA) is 48.1 Å². The Morgan fingerprint density at radius 3 is 2.93 bits per heavy atom. The second-order valence-corrected chi connectivity index (χ2v) is 3.48. The Labute approximate surface area is 83.6 Å². The van der Waals surface area contributed by atoms with E-state index in [1.54, 1.807) is 0 Å². The SMILES string of the molecule is Cc1cc(C2=CCOCC2)cc(N)n1. The van der Waals surface area contributed by atoms with E-state index in [1.165, 1.54) is 11.1 Å². The number of nitrogens with zero attached hydrogens (tertiary/aromatic N) is 1. The van der Waals surface area contributed by atoms with Gasteiger partial charge >= 0.3 is 0 Å². The molecule has 2 rings (SSSR count). The van der Waals surface area contributed by atoms with Crippen molar-refractivity contribution in [2.24, 2.45) is 0 Å². The van der Waals surface area contributed by atoms with Crippen LogP contribution in [0.25, 0.3) is 5.57 Å². The Morgan fingerprint density at radius 1 is 1.43 bits per heavy atom. The maximum absolute atomic E-state index is 5.70. The van der Waals surface area contributed by atoms with Gasteiger partial charge in [0.1, 0.15) is 5.82 Å². The molecule has 3 heteroatoms. The number of pyridine rings is 1. The lowest BCUT2D eigenvalue weighted by molar-refractivity contribution is 0.161. The second kappa shape index (κ2) is 3.80. The van der Waals surface area contributed by atoms with Crippen LogP contribution >= 0.6 is 0 Å². The summed E-state index contributed by atoms with van der Waals surface area (Å²) in [6.45, 7) is 3.46. The van der Waals surface area contributed by atoms with Crippen LogP contribution in [-0.4, -0.2) is 18.2 Å². The highest BCUT2D eigenvalue weighted by molar-refractivity contribution is 5.68. The fraction of sp³-hybridized carbons (Fsp3) is 0.364. The van der Waals surface area contributed by atoms with Crippen molar-refractivity contribution in [1.29, 1.82) is 0 Å². The fourth-order valence-corrected chi connectivity index (χ4v) is 1.67. The van der Waals surface area contributed by atoms with Gasteiger partial charge in [-0.05, 0) is 36.6 Å². The molecule has 2 N–H and O–H groups in total. The molecule has 0 saturated heterocycles. The average molecular weight is 190 g/mol. The normalized spacial score (nSPS) is 16.5. The Hall–Kier alpha value is -1.35. The van der Waals surface area contributed by atoms with Crippen LogP contribution in [0, 0.1) is 6.92 Å². The average Bonchev–Trinajstić information content (AvgIpc) is 2.18. The van der Waals surface area contributed by atoms with Gasteiger partial charge in [-0.2, -0.15) is 0 Å². The van der Waals surface area contributed by atoms with Gasteiger partial charge in [-0.15, -0.1) is 0 Å². The summed E-state index contributed by atoms with van der Waals surface area (Å²) in [5.41, 5.74) is 9.15. The third-order valence-electron chi connectivity index (χ3n) is 2.31. The third-order valence-corrected chi connectivity index (χ3v) is 2.31. The van der Waals surface area contributed by atoms with Crippen molar-refractivity contribution < 1.29 is 4.74 Å². The summed E-state index contributed by atoms with van der Waals surface area (Å²) >= 11 is 0. The number of nitrogens with two attached hydrogens (primary N) is 1. The molecule has 0 spiro atoms. The number of aromatic nitrogens is 1. The highest BCUT2D eigenvalue weighted by Gasteiger charge is 2.07. The molecule has 0 saturated carbocycles. The molecule has 0 atom stereocenters. The molecule has 0 radical (unpaired) electrons. The molecule has 0 bridgehead atoms. The zero-order valence-electron chi connectivity index (χ0n) is 8.29. The monoisotopic (exact) mass is 190 g/mol. The zero-order chi connectivity index (χ0) is 9.97. The third kappa shape index (κ3) is 1.93. The van der Waals surface area contributed by atoms with E-state index < -0.39 is 0 Å². The van der Waals surface area contributed by atoms with Gasteiger partial charge in [-0.1, -0.05) is 6.08 Å². The van der Waals surface area contributed by atoms with Crippen molar-refractivity contribution in [2.75, 3.05) is 18.9 Å². The summed E-state index contributed by atoms with van der Waals surface area (Å²) in [4.78, 5) is 4.15. The molecule has 3 nitrogen and oxygen atoms in total. The van der Waals surface area contributed by atoms with E-state index in [9.17, 15) is 0 Å². The highest BCUT2D eigenvalue weighted by Crippen LogP contribution is 2.22. The summed E-state index contributed by atoms with van der Waals surface area (Å²) in [6.07, 6.45) is 3.07. The lowest BCUT2D eigenvalue weighted by atomic mass is 10.0. The molecule has 0 fully saturated rings. The quantitative estimate of drug-likeness (QED) is 0.734. The van der Waals surface area contributed by atoms with Crippen LogP contribution in [0.2, 0.25) is 0 Å². The Kier molecular flexibility index (Phi) is 2.50. The van der Waals surface area contributed by atoms with E-state index in [-0.39, 0.29) is 0 Å². The number of hydrogen-bond acceptors (Lipinski definition) is 3. The van der Waals surface area contributed by atoms with Gasteiger partial charge in [0.05, 0.1) is 13.2 Å². The first-order valence-electron chi connectivity index (χ1n) is 4.77. The molecule has 1 aromatic heterocycles. The Balaban J connectivity index is 2.35. The molecule has 0 unspecified atom stereocenters. The summed E-state index contributed by atoms with van der Waals surface area (Å²) in [5.74, 6) is 0.590. The fourth-order valence-electron chi connectivity index (χ4n) is 1.67. The zero-order valence-corrected chi connectivity index (χ0v) is 8.29. The van der Waals surface area contributed by atoms with Gasteiger partial charge in [0.15, 0.2) is 0 Å². The summed E-state index contributed by atoms with van der Waals surface area (Å²) < 4.78 is 5.26. The summed E-state index contributed by atoms with van der Waals surface area (Å²) in [5, 5.41) is 0. The van der Waals surface area contributed by atoms with Gasteiger partial charge in [0.25, 0.3) is 0 Å². The van der Waals surface area contributed by atoms with Gasteiger partial charge in [0, 0.05) is 5.69 Å². The number of hydrogen-bond donors (Lipinski definition) is 1. The predicted octanol–water partition coefficient (Wildman–Crippen LogP) is 1.78. The van der Waals surface area contributed by atoms with E-state index in [2.05, 4.69) is 17.1 Å². The van der Waals surface area contributed by atoms with Crippen molar-refractivity contribution >= 4 is 11.4 Å². The highest BCUT2D eigenvalue weighted by atomic mass is 16.5. The Bertz CT molecular complexity index is 351. The van der Waals surface area contributed by atoms with Crippen molar-refractivity contribution in [3.05, 3.63) is 29.5 Å². The van der Waals surface area contributed by atoms with E-state index in [0.717, 1.165) is 18.7 Å². The molecule has 1 aromatic rings. The molecule has 1 aliphatic heterocycles. The molecular weight excluding hydrogens is 176 g/mol. The summed E-state index contributed by atoms with van der Waals surface area (Å²) in [7, 11) is 0. The van der Waals surface area contributed by atoms with Gasteiger partial charge in [0.2, 0.25) is 0 Å². The van der Waals surface area contributed by atoms with Crippen LogP contribution in [0.5, 0.6) is 0 Å². The van der Waals surface area contributed by atoms with E-state index in [1.807, 2.05) is 13.0 Å². The molecule has 2 heterocycles. The van der Waals surface area contributed by atoms with E-state index >= 15 is 0 Å². The lowest BCUT2D eigenvalue weighted by Gasteiger charge is -2.14. The largest absolute Gasteiger partial charge is 0.384 e. The molecule has 74 valence electrons.